The minimum absolute atomic E-state index is 0.283. The highest BCUT2D eigenvalue weighted by atomic mass is 17.0. The molecular formula is C6H15O4-. The molecule has 64 valence electrons. The number of aliphatic hydroxyl groups is 2. The highest BCUT2D eigenvalue weighted by Gasteiger charge is 1.84. The number of hydrogen-bond acceptors (Lipinski definition) is 4. The van der Waals surface area contributed by atoms with E-state index in [1.54, 1.807) is 0 Å². The third kappa shape index (κ3) is 15.7. The lowest BCUT2D eigenvalue weighted by molar-refractivity contribution is -0.670. The molecule has 0 aliphatic carbocycles. The fourth-order valence-electron chi connectivity index (χ4n) is 0.577. The molecule has 0 bridgehead atoms. The predicted molar refractivity (Wildman–Crippen MR) is 35.3 cm³/mol. The maximum Gasteiger partial charge on any atom is 0.0431 e. The summed E-state index contributed by atoms with van der Waals surface area (Å²) in [6.45, 7) is 0.566. The lowest BCUT2D eigenvalue weighted by Gasteiger charge is -1.93. The molecular weight excluding hydrogens is 136 g/mol. The largest absolute Gasteiger partial charge is 0.727 e. The fraction of sp³-hybridized carbons (Fsp3) is 1.00. The average Bonchev–Trinajstić information content (AvgIpc) is 2.02. The Balaban J connectivity index is 0. The molecule has 4 heteroatoms. The van der Waals surface area contributed by atoms with Crippen LogP contribution in [-0.2, 0) is 0 Å². The lowest BCUT2D eigenvalue weighted by Crippen LogP contribution is -1.85. The first-order valence-electron chi connectivity index (χ1n) is 3.32. The van der Waals surface area contributed by atoms with Crippen molar-refractivity contribution in [3.05, 3.63) is 0 Å². The topological polar surface area (TPSA) is 83.8 Å². The number of unbranched alkanes of at least 4 members (excludes halogenated alkanes) is 3. The van der Waals surface area contributed by atoms with Gasteiger partial charge in [-0.15, -0.1) is 0 Å². The summed E-state index contributed by atoms with van der Waals surface area (Å²) in [4.78, 5) is 0. The van der Waals surface area contributed by atoms with Crippen molar-refractivity contribution in [1.82, 2.24) is 0 Å². The van der Waals surface area contributed by atoms with E-state index in [4.69, 9.17) is 20.7 Å². The molecule has 0 radical (unpaired) electrons. The van der Waals surface area contributed by atoms with Crippen LogP contribution < -0.4 is 5.26 Å². The minimum atomic E-state index is 0.283. The molecule has 0 saturated heterocycles. The van der Waals surface area contributed by atoms with E-state index in [2.05, 4.69) is 0 Å². The van der Waals surface area contributed by atoms with Gasteiger partial charge in [0.1, 0.15) is 0 Å². The molecule has 0 aromatic heterocycles. The summed E-state index contributed by atoms with van der Waals surface area (Å²) in [5.74, 6) is 0. The van der Waals surface area contributed by atoms with Gasteiger partial charge in [0.2, 0.25) is 0 Å². The fourth-order valence-corrected chi connectivity index (χ4v) is 0.577. The second-order valence-corrected chi connectivity index (χ2v) is 1.86. The Morgan fingerprint density at radius 3 is 1.20 bits per heavy atom. The molecule has 0 atom stereocenters. The monoisotopic (exact) mass is 151 g/mol. The van der Waals surface area contributed by atoms with Gasteiger partial charge in [-0.1, -0.05) is 12.8 Å². The Labute approximate surface area is 60.7 Å². The maximum atomic E-state index is 8.30. The Morgan fingerprint density at radius 2 is 1.00 bits per heavy atom. The summed E-state index contributed by atoms with van der Waals surface area (Å²) < 4.78 is 0. The smallest absolute Gasteiger partial charge is 0.0431 e. The van der Waals surface area contributed by atoms with Gasteiger partial charge < -0.3 is 20.7 Å². The number of aliphatic hydroxyl groups excluding tert-OH is 2. The van der Waals surface area contributed by atoms with Crippen molar-refractivity contribution in [1.29, 1.82) is 0 Å². The normalized spacial score (nSPS) is 8.40. The zero-order valence-corrected chi connectivity index (χ0v) is 5.99. The van der Waals surface area contributed by atoms with Gasteiger partial charge in [-0.2, -0.15) is 0 Å². The summed E-state index contributed by atoms with van der Waals surface area (Å²) in [6, 6.07) is 0. The van der Waals surface area contributed by atoms with Gasteiger partial charge in [0.15, 0.2) is 0 Å². The molecule has 0 aliphatic heterocycles. The van der Waals surface area contributed by atoms with Crippen LogP contribution in [0.3, 0.4) is 0 Å². The van der Waals surface area contributed by atoms with Crippen molar-refractivity contribution in [2.45, 2.75) is 25.7 Å². The van der Waals surface area contributed by atoms with E-state index < -0.39 is 0 Å². The van der Waals surface area contributed by atoms with Crippen molar-refractivity contribution in [3.63, 3.8) is 0 Å². The molecule has 0 unspecified atom stereocenters. The summed E-state index contributed by atoms with van der Waals surface area (Å²) in [5, 5.41) is 29.6. The van der Waals surface area contributed by atoms with Crippen LogP contribution in [0.4, 0.5) is 0 Å². The Morgan fingerprint density at radius 1 is 0.700 bits per heavy atom. The third-order valence-electron chi connectivity index (χ3n) is 1.07. The second kappa shape index (κ2) is 15.9. The Kier molecular flexibility index (Phi) is 19.9. The van der Waals surface area contributed by atoms with E-state index >= 15 is 0 Å². The van der Waals surface area contributed by atoms with E-state index in [9.17, 15) is 0 Å². The molecule has 4 nitrogen and oxygen atoms in total. The quantitative estimate of drug-likeness (QED) is 0.277. The predicted octanol–water partition coefficient (Wildman–Crippen LogP) is -0.649. The first-order chi connectivity index (χ1) is 4.91. The third-order valence-corrected chi connectivity index (χ3v) is 1.07. The molecule has 0 heterocycles. The summed E-state index contributed by atoms with van der Waals surface area (Å²) in [7, 11) is 0. The van der Waals surface area contributed by atoms with Crippen LogP contribution in [0.5, 0.6) is 0 Å². The maximum absolute atomic E-state index is 8.30. The molecule has 0 saturated carbocycles. The van der Waals surface area contributed by atoms with Crippen LogP contribution in [0.1, 0.15) is 25.7 Å². The summed E-state index contributed by atoms with van der Waals surface area (Å²) in [6.07, 6.45) is 3.83. The molecule has 0 aromatic rings. The standard InChI is InChI=1S/C6H14O2.H2O2/c7-5-3-1-2-4-6-8;1-2/h7-8H,1-6H2;1-2H/p-1. The van der Waals surface area contributed by atoms with E-state index in [-0.39, 0.29) is 13.2 Å². The van der Waals surface area contributed by atoms with Crippen molar-refractivity contribution in [2.24, 2.45) is 0 Å². The van der Waals surface area contributed by atoms with Crippen LogP contribution in [0.2, 0.25) is 0 Å². The highest BCUT2D eigenvalue weighted by molar-refractivity contribution is 4.39. The molecule has 10 heavy (non-hydrogen) atoms. The van der Waals surface area contributed by atoms with Gasteiger partial charge in [-0.25, -0.2) is 0 Å². The molecule has 0 aliphatic rings. The Hall–Kier alpha value is -0.160. The first kappa shape index (κ1) is 12.5. The number of rotatable bonds is 5. The number of hydrogen-bond donors (Lipinski definition) is 3. The molecule has 0 fully saturated rings. The van der Waals surface area contributed by atoms with E-state index in [1.807, 2.05) is 0 Å². The van der Waals surface area contributed by atoms with E-state index in [1.165, 1.54) is 0 Å². The lowest BCUT2D eigenvalue weighted by atomic mass is 10.2. The van der Waals surface area contributed by atoms with Gasteiger partial charge in [0, 0.05) is 13.2 Å². The molecule has 3 N–H and O–H groups in total. The van der Waals surface area contributed by atoms with Gasteiger partial charge in [0.05, 0.1) is 0 Å². The zero-order valence-electron chi connectivity index (χ0n) is 5.99. The first-order valence-corrected chi connectivity index (χ1v) is 3.32. The Bertz CT molecular complexity index is 34.7. The van der Waals surface area contributed by atoms with E-state index in [0.29, 0.717) is 0 Å². The van der Waals surface area contributed by atoms with Gasteiger partial charge >= 0.3 is 0 Å². The van der Waals surface area contributed by atoms with E-state index in [0.717, 1.165) is 25.7 Å². The second-order valence-electron chi connectivity index (χ2n) is 1.86. The SMILES string of the molecule is OCCCCCCO.[O-]O. The van der Waals surface area contributed by atoms with Crippen LogP contribution in [0.25, 0.3) is 0 Å². The molecule has 0 rings (SSSR count). The molecule has 0 aromatic carbocycles. The van der Waals surface area contributed by atoms with Gasteiger partial charge in [0.25, 0.3) is 0 Å². The van der Waals surface area contributed by atoms with Crippen LogP contribution in [-0.4, -0.2) is 28.7 Å². The minimum Gasteiger partial charge on any atom is -0.727 e. The van der Waals surface area contributed by atoms with Gasteiger partial charge in [-0.05, 0) is 12.8 Å². The summed E-state index contributed by atoms with van der Waals surface area (Å²) in [5.41, 5.74) is 0. The van der Waals surface area contributed by atoms with Crippen LogP contribution in [0, 0.1) is 0 Å². The van der Waals surface area contributed by atoms with Crippen LogP contribution in [0.15, 0.2) is 0 Å². The average molecular weight is 151 g/mol. The highest BCUT2D eigenvalue weighted by Crippen LogP contribution is 1.96. The van der Waals surface area contributed by atoms with Gasteiger partial charge in [-0.3, -0.25) is 0 Å². The molecule has 0 amide bonds. The van der Waals surface area contributed by atoms with Crippen molar-refractivity contribution < 1.29 is 20.7 Å². The van der Waals surface area contributed by atoms with Crippen LogP contribution >= 0.6 is 0 Å². The summed E-state index contributed by atoms with van der Waals surface area (Å²) >= 11 is 0. The van der Waals surface area contributed by atoms with Crippen molar-refractivity contribution >= 4 is 0 Å². The van der Waals surface area contributed by atoms with Crippen molar-refractivity contribution in [2.75, 3.05) is 13.2 Å². The molecule has 0 spiro atoms. The zero-order chi connectivity index (χ0) is 8.24. The van der Waals surface area contributed by atoms with Crippen molar-refractivity contribution in [3.8, 4) is 0 Å².